The zero-order valence-electron chi connectivity index (χ0n) is 19.7. The third-order valence-corrected chi connectivity index (χ3v) is 7.16. The summed E-state index contributed by atoms with van der Waals surface area (Å²) in [6, 6.07) is 2.27. The number of nitrogens with zero attached hydrogens (tertiary/aromatic N) is 5. The molecule has 2 saturated carbocycles. The van der Waals surface area contributed by atoms with E-state index in [1.165, 1.54) is 38.4 Å². The summed E-state index contributed by atoms with van der Waals surface area (Å²) in [4.78, 5) is 28.8. The maximum atomic E-state index is 13.3. The summed E-state index contributed by atoms with van der Waals surface area (Å²) in [5, 5.41) is 17.6. The molecule has 2 aliphatic carbocycles. The fraction of sp³-hybridized carbons (Fsp3) is 0.667. The molecule has 9 nitrogen and oxygen atoms in total. The second-order valence-electron chi connectivity index (χ2n) is 9.67. The van der Waals surface area contributed by atoms with E-state index in [4.69, 9.17) is 4.42 Å². The van der Waals surface area contributed by atoms with Crippen molar-refractivity contribution in [3.05, 3.63) is 35.5 Å². The van der Waals surface area contributed by atoms with Crippen LogP contribution >= 0.6 is 0 Å². The van der Waals surface area contributed by atoms with Crippen molar-refractivity contribution >= 4 is 11.9 Å². The van der Waals surface area contributed by atoms with Crippen LogP contribution in [-0.4, -0.2) is 75.0 Å². The van der Waals surface area contributed by atoms with Crippen LogP contribution in [0.1, 0.15) is 66.8 Å². The second-order valence-corrected chi connectivity index (χ2v) is 9.67. The van der Waals surface area contributed by atoms with Gasteiger partial charge in [0.1, 0.15) is 0 Å². The standard InChI is InChI=1S/C24H35N5O4/c1-27(20-6-4-3-5-7-20)11-12-28(2)23(30)21(17-8-9-17)14-19-16-29(26-25-19)15-18-10-13-33-22(18)24(31)32/h10,13,16-17,20-21H,3-9,11-12,14-15H2,1-2H3,(H,31,32). The Morgan fingerprint density at radius 3 is 2.64 bits per heavy atom. The highest BCUT2D eigenvalue weighted by atomic mass is 16.4. The van der Waals surface area contributed by atoms with Gasteiger partial charge in [-0.15, -0.1) is 5.10 Å². The molecule has 2 fully saturated rings. The van der Waals surface area contributed by atoms with Gasteiger partial charge in [0.25, 0.3) is 0 Å². The molecule has 33 heavy (non-hydrogen) atoms. The van der Waals surface area contributed by atoms with Crippen LogP contribution in [0.15, 0.2) is 22.9 Å². The van der Waals surface area contributed by atoms with Crippen LogP contribution in [0, 0.1) is 11.8 Å². The molecule has 1 unspecified atom stereocenters. The third-order valence-electron chi connectivity index (χ3n) is 7.16. The number of carboxylic acid groups (broad SMARTS) is 1. The molecule has 2 aromatic rings. The number of furan rings is 1. The highest BCUT2D eigenvalue weighted by molar-refractivity contribution is 5.86. The molecular formula is C24H35N5O4. The molecule has 180 valence electrons. The Morgan fingerprint density at radius 1 is 1.18 bits per heavy atom. The average molecular weight is 458 g/mol. The summed E-state index contributed by atoms with van der Waals surface area (Å²) in [7, 11) is 4.09. The Balaban J connectivity index is 1.32. The molecule has 0 saturated heterocycles. The number of carbonyl (C=O) groups is 2. The van der Waals surface area contributed by atoms with E-state index in [0.717, 1.165) is 31.6 Å². The molecule has 1 amide bonds. The molecule has 0 radical (unpaired) electrons. The monoisotopic (exact) mass is 457 g/mol. The number of carboxylic acids is 1. The summed E-state index contributed by atoms with van der Waals surface area (Å²) in [5.74, 6) is -0.672. The number of carbonyl (C=O) groups excluding carboxylic acids is 1. The van der Waals surface area contributed by atoms with Gasteiger partial charge in [-0.3, -0.25) is 4.79 Å². The van der Waals surface area contributed by atoms with E-state index >= 15 is 0 Å². The normalized spacial score (nSPS) is 17.9. The summed E-state index contributed by atoms with van der Waals surface area (Å²) in [6.07, 6.45) is 12.4. The van der Waals surface area contributed by atoms with Gasteiger partial charge in [0.15, 0.2) is 0 Å². The zero-order valence-corrected chi connectivity index (χ0v) is 19.7. The quantitative estimate of drug-likeness (QED) is 0.553. The first kappa shape index (κ1) is 23.5. The SMILES string of the molecule is CN(CCN(C)C1CCCCC1)C(=O)C(Cc1cn(Cc2ccoc2C(=O)O)nn1)C1CC1. The van der Waals surface area contributed by atoms with Crippen LogP contribution in [0.5, 0.6) is 0 Å². The molecule has 2 aromatic heterocycles. The van der Waals surface area contributed by atoms with Crippen LogP contribution in [-0.2, 0) is 17.8 Å². The van der Waals surface area contributed by atoms with Crippen molar-refractivity contribution in [2.45, 2.75) is 64.0 Å². The number of hydrogen-bond acceptors (Lipinski definition) is 6. The molecule has 0 aromatic carbocycles. The van der Waals surface area contributed by atoms with Crippen molar-refractivity contribution in [2.75, 3.05) is 27.2 Å². The number of likely N-dealkylation sites (N-methyl/N-ethyl adjacent to an activating group) is 2. The van der Waals surface area contributed by atoms with Gasteiger partial charge < -0.3 is 19.3 Å². The van der Waals surface area contributed by atoms with Gasteiger partial charge in [0.2, 0.25) is 11.7 Å². The number of hydrogen-bond donors (Lipinski definition) is 1. The largest absolute Gasteiger partial charge is 0.475 e. The lowest BCUT2D eigenvalue weighted by Gasteiger charge is -2.33. The molecule has 0 bridgehead atoms. The minimum atomic E-state index is -1.10. The number of amides is 1. The highest BCUT2D eigenvalue weighted by Gasteiger charge is 2.38. The van der Waals surface area contributed by atoms with Gasteiger partial charge in [0, 0.05) is 50.3 Å². The molecule has 0 spiro atoms. The van der Waals surface area contributed by atoms with E-state index in [-0.39, 0.29) is 24.1 Å². The molecule has 2 aliphatic rings. The first-order valence-corrected chi connectivity index (χ1v) is 12.1. The van der Waals surface area contributed by atoms with E-state index in [1.54, 1.807) is 16.9 Å². The Labute approximate surface area is 194 Å². The number of rotatable bonds is 11. The fourth-order valence-electron chi connectivity index (χ4n) is 4.92. The van der Waals surface area contributed by atoms with Crippen molar-refractivity contribution in [1.82, 2.24) is 24.8 Å². The summed E-state index contributed by atoms with van der Waals surface area (Å²) in [5.41, 5.74) is 1.30. The molecule has 1 N–H and O–H groups in total. The van der Waals surface area contributed by atoms with Gasteiger partial charge in [0.05, 0.1) is 18.5 Å². The Hall–Kier alpha value is -2.68. The van der Waals surface area contributed by atoms with Gasteiger partial charge in [-0.2, -0.15) is 0 Å². The Kier molecular flexibility index (Phi) is 7.47. The molecule has 2 heterocycles. The predicted molar refractivity (Wildman–Crippen MR) is 122 cm³/mol. The van der Waals surface area contributed by atoms with E-state index in [1.807, 2.05) is 11.9 Å². The zero-order chi connectivity index (χ0) is 23.4. The average Bonchev–Trinajstić information content (AvgIpc) is 3.38. The fourth-order valence-corrected chi connectivity index (χ4v) is 4.92. The van der Waals surface area contributed by atoms with Gasteiger partial charge in [-0.05, 0) is 44.7 Å². The topological polar surface area (TPSA) is 105 Å². The van der Waals surface area contributed by atoms with Crippen LogP contribution in [0.25, 0.3) is 0 Å². The smallest absolute Gasteiger partial charge is 0.372 e. The predicted octanol–water partition coefficient (Wildman–Crippen LogP) is 2.91. The first-order valence-electron chi connectivity index (χ1n) is 12.1. The van der Waals surface area contributed by atoms with E-state index < -0.39 is 5.97 Å². The van der Waals surface area contributed by atoms with E-state index in [0.29, 0.717) is 23.9 Å². The van der Waals surface area contributed by atoms with Crippen molar-refractivity contribution < 1.29 is 19.1 Å². The third kappa shape index (κ3) is 6.01. The number of aromatic nitrogens is 3. The van der Waals surface area contributed by atoms with Crippen molar-refractivity contribution in [2.24, 2.45) is 11.8 Å². The number of aromatic carboxylic acids is 1. The van der Waals surface area contributed by atoms with E-state index in [9.17, 15) is 14.7 Å². The minimum absolute atomic E-state index is 0.0800. The van der Waals surface area contributed by atoms with Gasteiger partial charge >= 0.3 is 5.97 Å². The first-order chi connectivity index (χ1) is 15.9. The minimum Gasteiger partial charge on any atom is -0.475 e. The van der Waals surface area contributed by atoms with Crippen LogP contribution in [0.2, 0.25) is 0 Å². The van der Waals surface area contributed by atoms with Crippen molar-refractivity contribution in [3.8, 4) is 0 Å². The Morgan fingerprint density at radius 2 is 1.94 bits per heavy atom. The Bertz CT molecular complexity index is 944. The summed E-state index contributed by atoms with van der Waals surface area (Å²) >= 11 is 0. The molecular weight excluding hydrogens is 422 g/mol. The maximum absolute atomic E-state index is 13.3. The molecule has 9 heteroatoms. The lowest BCUT2D eigenvalue weighted by atomic mass is 9.94. The molecule has 0 aliphatic heterocycles. The lowest BCUT2D eigenvalue weighted by molar-refractivity contribution is -0.135. The van der Waals surface area contributed by atoms with Crippen molar-refractivity contribution in [1.29, 1.82) is 0 Å². The summed E-state index contributed by atoms with van der Waals surface area (Å²) in [6.45, 7) is 1.90. The van der Waals surface area contributed by atoms with E-state index in [2.05, 4.69) is 22.3 Å². The van der Waals surface area contributed by atoms with Crippen LogP contribution in [0.3, 0.4) is 0 Å². The highest BCUT2D eigenvalue weighted by Crippen LogP contribution is 2.39. The lowest BCUT2D eigenvalue weighted by Crippen LogP contribution is -2.42. The summed E-state index contributed by atoms with van der Waals surface area (Å²) < 4.78 is 6.63. The maximum Gasteiger partial charge on any atom is 0.372 e. The van der Waals surface area contributed by atoms with Crippen molar-refractivity contribution in [3.63, 3.8) is 0 Å². The molecule has 1 atom stereocenters. The second kappa shape index (κ2) is 10.5. The van der Waals surface area contributed by atoms with Crippen LogP contribution in [0.4, 0.5) is 0 Å². The molecule has 4 rings (SSSR count). The van der Waals surface area contributed by atoms with Crippen LogP contribution < -0.4 is 0 Å². The van der Waals surface area contributed by atoms with Gasteiger partial charge in [-0.1, -0.05) is 24.5 Å². The van der Waals surface area contributed by atoms with Gasteiger partial charge in [-0.25, -0.2) is 9.48 Å².